The third-order valence-corrected chi connectivity index (χ3v) is 5.75. The van der Waals surface area contributed by atoms with Crippen LogP contribution in [0.25, 0.3) is 33.5 Å². The van der Waals surface area contributed by atoms with Gasteiger partial charge in [0.2, 0.25) is 5.82 Å². The van der Waals surface area contributed by atoms with Crippen molar-refractivity contribution < 1.29 is 13.9 Å². The van der Waals surface area contributed by atoms with Crippen LogP contribution in [0, 0.1) is 0 Å². The van der Waals surface area contributed by atoms with Gasteiger partial charge in [-0.3, -0.25) is 4.79 Å². The predicted molar refractivity (Wildman–Crippen MR) is 142 cm³/mol. The number of furan rings is 1. The molecule has 3 aromatic carbocycles. The molecule has 0 aliphatic carbocycles. The Morgan fingerprint density at radius 1 is 1.11 bits per heavy atom. The fraction of sp³-hybridized carbons (Fsp3) is 0.138. The smallest absolute Gasteiger partial charge is 0.282 e. The van der Waals surface area contributed by atoms with Gasteiger partial charge in [0.15, 0.2) is 17.3 Å². The highest BCUT2D eigenvalue weighted by Gasteiger charge is 2.17. The van der Waals surface area contributed by atoms with Crippen LogP contribution < -0.4 is 15.0 Å². The van der Waals surface area contributed by atoms with Crippen molar-refractivity contribution in [2.45, 2.75) is 13.3 Å². The van der Waals surface area contributed by atoms with Gasteiger partial charge in [0, 0.05) is 10.9 Å². The molecule has 0 fully saturated rings. The summed E-state index contributed by atoms with van der Waals surface area (Å²) in [5.74, 6) is 2.02. The maximum atomic E-state index is 13.5. The van der Waals surface area contributed by atoms with Crippen molar-refractivity contribution >= 4 is 28.1 Å². The molecule has 36 heavy (non-hydrogen) atoms. The van der Waals surface area contributed by atoms with Gasteiger partial charge in [-0.25, -0.2) is 4.98 Å². The number of aromatic nitrogens is 2. The van der Waals surface area contributed by atoms with E-state index in [1.165, 1.54) is 4.68 Å². The molecule has 0 aliphatic heterocycles. The van der Waals surface area contributed by atoms with Crippen molar-refractivity contribution in [2.75, 3.05) is 13.7 Å². The average molecular weight is 480 g/mol. The summed E-state index contributed by atoms with van der Waals surface area (Å²) < 4.78 is 18.7. The van der Waals surface area contributed by atoms with Crippen LogP contribution in [0.3, 0.4) is 0 Å². The van der Waals surface area contributed by atoms with E-state index in [0.717, 1.165) is 16.5 Å². The van der Waals surface area contributed by atoms with Gasteiger partial charge in [-0.05, 0) is 55.3 Å². The third-order valence-electron chi connectivity index (χ3n) is 5.75. The van der Waals surface area contributed by atoms with Crippen molar-refractivity contribution in [3.63, 3.8) is 0 Å². The number of nitrogens with zero attached hydrogens (tertiary/aromatic N) is 3. The second kappa shape index (κ2) is 9.92. The summed E-state index contributed by atoms with van der Waals surface area (Å²) in [6.45, 7) is 6.27. The average Bonchev–Trinajstić information content (AvgIpc) is 3.33. The lowest BCUT2D eigenvalue weighted by Crippen LogP contribution is -2.20. The number of allylic oxidation sites excluding steroid dienone is 1. The summed E-state index contributed by atoms with van der Waals surface area (Å²) in [5.41, 5.74) is 2.63. The lowest BCUT2D eigenvalue weighted by molar-refractivity contribution is 0.308. The van der Waals surface area contributed by atoms with Crippen LogP contribution in [0.15, 0.2) is 93.7 Å². The van der Waals surface area contributed by atoms with E-state index in [1.807, 2.05) is 55.5 Å². The molecule has 0 amide bonds. The van der Waals surface area contributed by atoms with Gasteiger partial charge in [-0.2, -0.15) is 9.78 Å². The number of hydrogen-bond acceptors (Lipinski definition) is 6. The minimum Gasteiger partial charge on any atom is -0.493 e. The second-order valence-corrected chi connectivity index (χ2v) is 8.10. The van der Waals surface area contributed by atoms with Gasteiger partial charge in [-0.1, -0.05) is 36.4 Å². The lowest BCUT2D eigenvalue weighted by atomic mass is 10.1. The monoisotopic (exact) mass is 479 g/mol. The Bertz CT molecular complexity index is 1630. The number of fused-ring (bicyclic) bond motifs is 2. The van der Waals surface area contributed by atoms with Crippen LogP contribution >= 0.6 is 0 Å². The van der Waals surface area contributed by atoms with Gasteiger partial charge in [-0.15, -0.1) is 6.58 Å². The summed E-state index contributed by atoms with van der Waals surface area (Å²) in [7, 11) is 1.59. The fourth-order valence-electron chi connectivity index (χ4n) is 4.13. The lowest BCUT2D eigenvalue weighted by Gasteiger charge is -2.14. The zero-order valence-corrected chi connectivity index (χ0v) is 20.1. The van der Waals surface area contributed by atoms with E-state index >= 15 is 0 Å². The van der Waals surface area contributed by atoms with Crippen molar-refractivity contribution in [3.8, 4) is 23.1 Å². The third kappa shape index (κ3) is 4.27. The van der Waals surface area contributed by atoms with E-state index < -0.39 is 0 Å². The van der Waals surface area contributed by atoms with Crippen molar-refractivity contribution in [3.05, 3.63) is 101 Å². The summed E-state index contributed by atoms with van der Waals surface area (Å²) in [5, 5.41) is 5.94. The first-order valence-electron chi connectivity index (χ1n) is 11.6. The molecule has 0 bridgehead atoms. The van der Waals surface area contributed by atoms with Gasteiger partial charge in [0.1, 0.15) is 5.58 Å². The van der Waals surface area contributed by atoms with Crippen LogP contribution in [0.4, 0.5) is 0 Å². The zero-order chi connectivity index (χ0) is 25.1. The molecule has 5 rings (SSSR count). The van der Waals surface area contributed by atoms with Gasteiger partial charge >= 0.3 is 0 Å². The van der Waals surface area contributed by atoms with Gasteiger partial charge < -0.3 is 13.9 Å². The van der Waals surface area contributed by atoms with E-state index in [4.69, 9.17) is 18.9 Å². The van der Waals surface area contributed by atoms with E-state index in [1.54, 1.807) is 37.6 Å². The molecular formula is C29H25N3O4. The Hall–Kier alpha value is -4.65. The van der Waals surface area contributed by atoms with Crippen molar-refractivity contribution in [1.29, 1.82) is 0 Å². The van der Waals surface area contributed by atoms with E-state index in [0.29, 0.717) is 52.6 Å². The number of ether oxygens (including phenoxy) is 2. The van der Waals surface area contributed by atoms with Crippen LogP contribution in [-0.2, 0) is 6.42 Å². The normalized spacial score (nSPS) is 11.4. The highest BCUT2D eigenvalue weighted by Crippen LogP contribution is 2.33. The predicted octanol–water partition coefficient (Wildman–Crippen LogP) is 5.83. The molecular weight excluding hydrogens is 454 g/mol. The Balaban J connectivity index is 1.68. The zero-order valence-electron chi connectivity index (χ0n) is 20.1. The minimum atomic E-state index is -0.295. The molecule has 7 nitrogen and oxygen atoms in total. The highest BCUT2D eigenvalue weighted by molar-refractivity contribution is 5.85. The highest BCUT2D eigenvalue weighted by atomic mass is 16.5. The summed E-state index contributed by atoms with van der Waals surface area (Å²) in [4.78, 5) is 18.2. The second-order valence-electron chi connectivity index (χ2n) is 8.10. The number of rotatable bonds is 8. The molecule has 0 radical (unpaired) electrons. The molecule has 0 saturated heterocycles. The van der Waals surface area contributed by atoms with Crippen molar-refractivity contribution in [2.24, 2.45) is 5.10 Å². The van der Waals surface area contributed by atoms with E-state index in [9.17, 15) is 4.79 Å². The molecule has 2 aromatic heterocycles. The first kappa shape index (κ1) is 23.1. The molecule has 0 aliphatic rings. The Kier molecular flexibility index (Phi) is 6.36. The van der Waals surface area contributed by atoms with Crippen LogP contribution in [0.5, 0.6) is 11.5 Å². The summed E-state index contributed by atoms with van der Waals surface area (Å²) in [6.07, 6.45) is 4.00. The first-order valence-corrected chi connectivity index (χ1v) is 11.6. The topological polar surface area (TPSA) is 78.9 Å². The molecule has 0 saturated carbocycles. The van der Waals surface area contributed by atoms with Crippen LogP contribution in [0.1, 0.15) is 18.1 Å². The fourth-order valence-corrected chi connectivity index (χ4v) is 4.13. The van der Waals surface area contributed by atoms with Gasteiger partial charge in [0.05, 0.1) is 30.8 Å². The number of methoxy groups -OCH3 is 1. The van der Waals surface area contributed by atoms with Crippen LogP contribution in [-0.4, -0.2) is 29.6 Å². The Labute approximate surface area is 207 Å². The summed E-state index contributed by atoms with van der Waals surface area (Å²) >= 11 is 0. The standard InChI is InChI=1S/C29H25N3O4/c1-4-10-21-15-19(16-25(34-3)27(21)35-5-2)18-30-32-28(26-17-20-11-6-9-14-24(20)36-26)31-23-13-8-7-12-22(23)29(32)33/h4,6-9,11-18H,1,5,10H2,2-3H3. The molecule has 0 unspecified atom stereocenters. The maximum absolute atomic E-state index is 13.5. The quantitative estimate of drug-likeness (QED) is 0.207. The van der Waals surface area contributed by atoms with Crippen molar-refractivity contribution in [1.82, 2.24) is 9.66 Å². The SMILES string of the molecule is C=CCc1cc(C=Nn2c(-c3cc4ccccc4o3)nc3ccccc3c2=O)cc(OC)c1OCC. The number of para-hydroxylation sites is 2. The Morgan fingerprint density at radius 2 is 1.92 bits per heavy atom. The molecule has 0 atom stereocenters. The van der Waals surface area contributed by atoms with E-state index in [2.05, 4.69) is 11.7 Å². The number of benzene rings is 3. The van der Waals surface area contributed by atoms with Gasteiger partial charge in [0.25, 0.3) is 5.56 Å². The largest absolute Gasteiger partial charge is 0.493 e. The molecule has 0 N–H and O–H groups in total. The number of hydrogen-bond donors (Lipinski definition) is 0. The first-order chi connectivity index (χ1) is 17.6. The maximum Gasteiger partial charge on any atom is 0.282 e. The minimum absolute atomic E-state index is 0.295. The van der Waals surface area contributed by atoms with Crippen LogP contribution in [0.2, 0.25) is 0 Å². The Morgan fingerprint density at radius 3 is 2.69 bits per heavy atom. The molecule has 7 heteroatoms. The molecule has 5 aromatic rings. The summed E-state index contributed by atoms with van der Waals surface area (Å²) in [6, 6.07) is 20.5. The molecule has 180 valence electrons. The molecule has 2 heterocycles. The van der Waals surface area contributed by atoms with E-state index in [-0.39, 0.29) is 5.56 Å². The molecule has 0 spiro atoms.